The number of nitrogens with zero attached hydrogens (tertiary/aromatic N) is 2. The number of hydrogen-bond acceptors (Lipinski definition) is 4. The number of H-pyrrole nitrogens is 2. The average Bonchev–Trinajstić information content (AvgIpc) is 3.25. The molecule has 0 unspecified atom stereocenters. The summed E-state index contributed by atoms with van der Waals surface area (Å²) in [5.41, 5.74) is -0.514. The summed E-state index contributed by atoms with van der Waals surface area (Å²) in [4.78, 5) is 42.3. The molecule has 3 N–H and O–H groups in total. The Kier molecular flexibility index (Phi) is 3.44. The van der Waals surface area contributed by atoms with Crippen LogP contribution < -0.4 is 21.7 Å². The van der Waals surface area contributed by atoms with Gasteiger partial charge < -0.3 is 9.67 Å². The minimum atomic E-state index is -0.579. The first-order valence-electron chi connectivity index (χ1n) is 8.83. The van der Waals surface area contributed by atoms with Crippen molar-refractivity contribution < 1.29 is 9.90 Å². The van der Waals surface area contributed by atoms with Gasteiger partial charge in [0.2, 0.25) is 0 Å². The first-order valence-corrected chi connectivity index (χ1v) is 8.83. The van der Waals surface area contributed by atoms with Crippen molar-refractivity contribution in [3.05, 3.63) is 85.4 Å². The summed E-state index contributed by atoms with van der Waals surface area (Å²) in [5, 5.41) is 17.4. The molecule has 1 aliphatic rings. The predicted octanol–water partition coefficient (Wildman–Crippen LogP) is 0.286. The molecule has 0 radical (unpaired) electrons. The van der Waals surface area contributed by atoms with E-state index in [0.29, 0.717) is 21.5 Å². The van der Waals surface area contributed by atoms with Crippen molar-refractivity contribution in [1.82, 2.24) is 14.8 Å². The lowest BCUT2D eigenvalue weighted by atomic mass is 9.98. The standard InChI is InChI=1S/C21H14N4O4/c1-25-13-9-5-3-7-11(13)18(26)16(21(25)29)17-15(20(28)24-23-17)14-10-6-2-4-8-12(10)22-19(14)27/h2-9,26H,1H3,(H2,23,24,28). The molecular formula is C21H14N4O4. The Labute approximate surface area is 162 Å². The summed E-state index contributed by atoms with van der Waals surface area (Å²) in [6.45, 7) is 0. The maximum atomic E-state index is 13.1. The maximum absolute atomic E-state index is 13.1. The molecule has 0 saturated carbocycles. The molecule has 2 aromatic heterocycles. The molecule has 1 amide bonds. The molecule has 1 aliphatic heterocycles. The Morgan fingerprint density at radius 2 is 1.66 bits per heavy atom. The number of aryl methyl sites for hydroxylation is 1. The molecule has 0 saturated heterocycles. The topological polar surface area (TPSA) is 120 Å². The van der Waals surface area contributed by atoms with E-state index in [-0.39, 0.29) is 28.1 Å². The van der Waals surface area contributed by atoms with Gasteiger partial charge in [0.25, 0.3) is 17.0 Å². The third-order valence-corrected chi connectivity index (χ3v) is 5.16. The van der Waals surface area contributed by atoms with Crippen LogP contribution in [0.4, 0.5) is 0 Å². The van der Waals surface area contributed by atoms with E-state index >= 15 is 0 Å². The van der Waals surface area contributed by atoms with Crippen molar-refractivity contribution in [1.29, 1.82) is 0 Å². The highest BCUT2D eigenvalue weighted by Crippen LogP contribution is 2.34. The molecule has 29 heavy (non-hydrogen) atoms. The van der Waals surface area contributed by atoms with Gasteiger partial charge in [-0.25, -0.2) is 4.99 Å². The number of fused-ring (bicyclic) bond motifs is 2. The number of aromatic amines is 2. The summed E-state index contributed by atoms with van der Waals surface area (Å²) >= 11 is 0. The molecule has 0 spiro atoms. The molecular weight excluding hydrogens is 372 g/mol. The van der Waals surface area contributed by atoms with Crippen LogP contribution in [0.15, 0.2) is 63.1 Å². The molecule has 3 heterocycles. The van der Waals surface area contributed by atoms with Crippen molar-refractivity contribution in [2.24, 2.45) is 12.0 Å². The number of amides is 1. The lowest BCUT2D eigenvalue weighted by molar-refractivity contribution is -0.112. The molecule has 0 aliphatic carbocycles. The molecule has 142 valence electrons. The molecule has 0 fully saturated rings. The van der Waals surface area contributed by atoms with Gasteiger partial charge in [-0.3, -0.25) is 24.6 Å². The lowest BCUT2D eigenvalue weighted by Gasteiger charge is -2.11. The third kappa shape index (κ3) is 2.26. The minimum absolute atomic E-state index is 0.0219. The van der Waals surface area contributed by atoms with Crippen molar-refractivity contribution in [3.63, 3.8) is 0 Å². The van der Waals surface area contributed by atoms with Crippen LogP contribution in [0.5, 0.6) is 5.75 Å². The van der Waals surface area contributed by atoms with Gasteiger partial charge in [-0.1, -0.05) is 30.3 Å². The smallest absolute Gasteiger partial charge is 0.279 e. The first kappa shape index (κ1) is 16.9. The lowest BCUT2D eigenvalue weighted by Crippen LogP contribution is -2.25. The van der Waals surface area contributed by atoms with Crippen molar-refractivity contribution in [2.45, 2.75) is 0 Å². The van der Waals surface area contributed by atoms with Crippen LogP contribution in [-0.4, -0.2) is 25.8 Å². The molecule has 2 aromatic carbocycles. The zero-order chi connectivity index (χ0) is 20.3. The number of carbonyl (C=O) groups is 1. The quantitative estimate of drug-likeness (QED) is 0.458. The summed E-state index contributed by atoms with van der Waals surface area (Å²) in [6.07, 6.45) is 0. The number of pyridine rings is 1. The Morgan fingerprint density at radius 3 is 2.48 bits per heavy atom. The van der Waals surface area contributed by atoms with Crippen LogP contribution in [0.3, 0.4) is 0 Å². The summed E-state index contributed by atoms with van der Waals surface area (Å²) in [5.74, 6) is -0.842. The second-order valence-electron chi connectivity index (χ2n) is 6.74. The minimum Gasteiger partial charge on any atom is -0.506 e. The van der Waals surface area contributed by atoms with Gasteiger partial charge in [0.05, 0.1) is 27.7 Å². The van der Waals surface area contributed by atoms with E-state index in [0.717, 1.165) is 0 Å². The van der Waals surface area contributed by atoms with E-state index in [4.69, 9.17) is 0 Å². The van der Waals surface area contributed by atoms with Crippen LogP contribution in [0.2, 0.25) is 0 Å². The summed E-state index contributed by atoms with van der Waals surface area (Å²) in [7, 11) is 1.58. The van der Waals surface area contributed by atoms with Crippen molar-refractivity contribution in [2.75, 3.05) is 0 Å². The van der Waals surface area contributed by atoms with Gasteiger partial charge in [0.1, 0.15) is 11.3 Å². The summed E-state index contributed by atoms with van der Waals surface area (Å²) in [6, 6.07) is 13.7. The van der Waals surface area contributed by atoms with Gasteiger partial charge in [-0.2, -0.15) is 0 Å². The van der Waals surface area contributed by atoms with E-state index in [9.17, 15) is 19.5 Å². The van der Waals surface area contributed by atoms with E-state index in [2.05, 4.69) is 15.2 Å². The Hall–Kier alpha value is -4.20. The Balaban J connectivity index is 1.93. The number of aromatic nitrogens is 3. The second-order valence-corrected chi connectivity index (χ2v) is 6.74. The van der Waals surface area contributed by atoms with Crippen molar-refractivity contribution >= 4 is 22.4 Å². The number of carbonyl (C=O) groups excluding carboxylic acids is 1. The maximum Gasteiger partial charge on any atom is 0.279 e. The fourth-order valence-corrected chi connectivity index (χ4v) is 3.79. The fraction of sp³-hybridized carbons (Fsp3) is 0.0476. The van der Waals surface area contributed by atoms with Gasteiger partial charge in [0, 0.05) is 17.7 Å². The van der Waals surface area contributed by atoms with Gasteiger partial charge in [0.15, 0.2) is 0 Å². The predicted molar refractivity (Wildman–Crippen MR) is 106 cm³/mol. The van der Waals surface area contributed by atoms with Crippen LogP contribution in [-0.2, 0) is 11.8 Å². The monoisotopic (exact) mass is 386 g/mol. The molecule has 0 bridgehead atoms. The molecule has 4 aromatic rings. The molecule has 0 atom stereocenters. The third-order valence-electron chi connectivity index (χ3n) is 5.16. The zero-order valence-corrected chi connectivity index (χ0v) is 15.2. The van der Waals surface area contributed by atoms with E-state index in [1.165, 1.54) is 4.57 Å². The number of aromatic hydroxyl groups is 1. The number of para-hydroxylation sites is 2. The number of benzene rings is 2. The first-order chi connectivity index (χ1) is 14.0. The largest absolute Gasteiger partial charge is 0.506 e. The van der Waals surface area contributed by atoms with Crippen LogP contribution in [0.25, 0.3) is 27.7 Å². The number of nitrogens with one attached hydrogen (secondary N) is 2. The summed E-state index contributed by atoms with van der Waals surface area (Å²) < 4.78 is 1.39. The highest BCUT2D eigenvalue weighted by atomic mass is 16.3. The zero-order valence-electron chi connectivity index (χ0n) is 15.2. The molecule has 5 rings (SSSR count). The second kappa shape index (κ2) is 5.90. The number of rotatable bonds is 2. The van der Waals surface area contributed by atoms with Crippen LogP contribution >= 0.6 is 0 Å². The van der Waals surface area contributed by atoms with Gasteiger partial charge in [-0.15, -0.1) is 0 Å². The van der Waals surface area contributed by atoms with Crippen molar-refractivity contribution in [3.8, 4) is 17.0 Å². The van der Waals surface area contributed by atoms with E-state index in [1.807, 2.05) is 0 Å². The number of hydrogen-bond donors (Lipinski definition) is 3. The normalized spacial score (nSPS) is 13.0. The average molecular weight is 386 g/mol. The van der Waals surface area contributed by atoms with Gasteiger partial charge >= 0.3 is 0 Å². The van der Waals surface area contributed by atoms with Gasteiger partial charge in [-0.05, 0) is 18.2 Å². The van der Waals surface area contributed by atoms with Crippen LogP contribution in [0.1, 0.15) is 5.56 Å². The highest BCUT2D eigenvalue weighted by Gasteiger charge is 2.29. The molecule has 8 nitrogen and oxygen atoms in total. The highest BCUT2D eigenvalue weighted by molar-refractivity contribution is 6.22. The fourth-order valence-electron chi connectivity index (χ4n) is 3.79. The van der Waals surface area contributed by atoms with E-state index in [1.54, 1.807) is 55.6 Å². The molecule has 8 heteroatoms. The van der Waals surface area contributed by atoms with Crippen LogP contribution in [0, 0.1) is 0 Å². The van der Waals surface area contributed by atoms with E-state index < -0.39 is 17.0 Å². The Morgan fingerprint density at radius 1 is 0.931 bits per heavy atom. The SMILES string of the molecule is Cn1c(=O)c(-c2[nH][nH]c(=O)c2C2=c3ccccc3=NC2=O)c(O)c2ccccc21. The Bertz CT molecular complexity index is 1590.